The summed E-state index contributed by atoms with van der Waals surface area (Å²) in [6.07, 6.45) is 6.98. The molecule has 1 unspecified atom stereocenters. The average Bonchev–Trinajstić information content (AvgIpc) is 3.11. The van der Waals surface area contributed by atoms with E-state index in [-0.39, 0.29) is 30.3 Å². The van der Waals surface area contributed by atoms with Crippen molar-refractivity contribution in [2.24, 2.45) is 11.3 Å². The van der Waals surface area contributed by atoms with Gasteiger partial charge in [-0.2, -0.15) is 0 Å². The first-order valence-electron chi connectivity index (χ1n) is 13.2. The van der Waals surface area contributed by atoms with Gasteiger partial charge in [0.15, 0.2) is 11.6 Å². The standard InChI is InChI=1S/C30H37NO5/c1-28-15-14-24-23-10-9-22(32)18-19(23)4-11-25(24)29(28,20-5-7-21(8-6-20)31(2)3)16-17-30(28,36)26(33)12-13-27(34)35/h5-8,18,25,36H,4,9-17H2,1-3H3,(H,34,35)/t25-,28+,29?,30+/m1/s1. The van der Waals surface area contributed by atoms with Gasteiger partial charge in [-0.1, -0.05) is 24.6 Å². The lowest BCUT2D eigenvalue weighted by Crippen LogP contribution is -2.61. The van der Waals surface area contributed by atoms with Crippen LogP contribution in [-0.4, -0.2) is 47.4 Å². The molecule has 4 aliphatic rings. The number of carboxylic acid groups (broad SMARTS) is 1. The van der Waals surface area contributed by atoms with Crippen molar-refractivity contribution in [3.05, 3.63) is 52.6 Å². The maximum absolute atomic E-state index is 13.5. The minimum Gasteiger partial charge on any atom is -0.481 e. The normalized spacial score (nSPS) is 33.4. The number of benzene rings is 1. The molecule has 0 saturated heterocycles. The first-order valence-corrected chi connectivity index (χ1v) is 13.2. The molecule has 0 aliphatic heterocycles. The van der Waals surface area contributed by atoms with E-state index in [1.165, 1.54) is 16.7 Å². The summed E-state index contributed by atoms with van der Waals surface area (Å²) < 4.78 is 0. The van der Waals surface area contributed by atoms with Gasteiger partial charge in [0, 0.05) is 43.5 Å². The van der Waals surface area contributed by atoms with Crippen LogP contribution < -0.4 is 4.90 Å². The highest BCUT2D eigenvalue weighted by Gasteiger charge is 2.71. The fourth-order valence-electron chi connectivity index (χ4n) is 8.17. The Labute approximate surface area is 213 Å². The molecule has 0 spiro atoms. The molecule has 1 aromatic carbocycles. The van der Waals surface area contributed by atoms with Gasteiger partial charge in [-0.05, 0) is 85.8 Å². The average molecular weight is 492 g/mol. The largest absolute Gasteiger partial charge is 0.481 e. The first kappa shape index (κ1) is 24.9. The van der Waals surface area contributed by atoms with E-state index in [4.69, 9.17) is 0 Å². The molecule has 0 heterocycles. The molecule has 2 fully saturated rings. The summed E-state index contributed by atoms with van der Waals surface area (Å²) in [6.45, 7) is 2.08. The minimum atomic E-state index is -1.56. The molecule has 192 valence electrons. The Morgan fingerprint density at radius 3 is 2.39 bits per heavy atom. The van der Waals surface area contributed by atoms with Crippen molar-refractivity contribution < 1.29 is 24.6 Å². The van der Waals surface area contributed by atoms with E-state index in [1.807, 2.05) is 20.2 Å². The zero-order chi connectivity index (χ0) is 25.9. The molecule has 2 saturated carbocycles. The van der Waals surface area contributed by atoms with E-state index >= 15 is 0 Å². The molecule has 0 aromatic heterocycles. The van der Waals surface area contributed by atoms with E-state index in [2.05, 4.69) is 36.1 Å². The second kappa shape index (κ2) is 8.69. The zero-order valence-corrected chi connectivity index (χ0v) is 21.6. The number of ketones is 2. The molecule has 0 radical (unpaired) electrons. The third-order valence-corrected chi connectivity index (χ3v) is 10.0. The van der Waals surface area contributed by atoms with Gasteiger partial charge in [-0.25, -0.2) is 0 Å². The van der Waals surface area contributed by atoms with Crippen LogP contribution in [0.2, 0.25) is 0 Å². The van der Waals surface area contributed by atoms with Crippen molar-refractivity contribution in [3.8, 4) is 0 Å². The number of anilines is 1. The van der Waals surface area contributed by atoms with E-state index in [0.717, 1.165) is 36.9 Å². The van der Waals surface area contributed by atoms with Gasteiger partial charge in [0.2, 0.25) is 0 Å². The molecular weight excluding hydrogens is 454 g/mol. The summed E-state index contributed by atoms with van der Waals surface area (Å²) in [7, 11) is 4.02. The summed E-state index contributed by atoms with van der Waals surface area (Å²) in [5, 5.41) is 21.3. The number of hydrogen-bond donors (Lipinski definition) is 2. The molecule has 6 nitrogen and oxygen atoms in total. The Morgan fingerprint density at radius 2 is 1.72 bits per heavy atom. The number of rotatable bonds is 6. The molecule has 1 aromatic rings. The molecule has 0 bridgehead atoms. The van der Waals surface area contributed by atoms with Crippen LogP contribution in [-0.2, 0) is 19.8 Å². The first-order chi connectivity index (χ1) is 17.0. The van der Waals surface area contributed by atoms with Gasteiger partial charge in [0.05, 0.1) is 6.42 Å². The van der Waals surface area contributed by atoms with E-state index in [1.54, 1.807) is 0 Å². The number of aliphatic hydroxyl groups is 1. The Bertz CT molecular complexity index is 1180. The lowest BCUT2D eigenvalue weighted by molar-refractivity contribution is -0.158. The van der Waals surface area contributed by atoms with Gasteiger partial charge in [0.1, 0.15) is 5.60 Å². The van der Waals surface area contributed by atoms with Crippen LogP contribution in [0.25, 0.3) is 0 Å². The maximum atomic E-state index is 13.5. The third-order valence-electron chi connectivity index (χ3n) is 10.0. The second-order valence-corrected chi connectivity index (χ2v) is 11.7. The van der Waals surface area contributed by atoms with Crippen molar-refractivity contribution in [2.75, 3.05) is 19.0 Å². The van der Waals surface area contributed by atoms with Crippen LogP contribution in [0, 0.1) is 11.3 Å². The summed E-state index contributed by atoms with van der Waals surface area (Å²) in [5.74, 6) is -0.963. The van der Waals surface area contributed by atoms with Crippen LogP contribution in [0.4, 0.5) is 5.69 Å². The van der Waals surface area contributed by atoms with Crippen molar-refractivity contribution >= 4 is 23.2 Å². The number of carbonyl (C=O) groups is 3. The fourth-order valence-corrected chi connectivity index (χ4v) is 8.17. The van der Waals surface area contributed by atoms with Crippen LogP contribution >= 0.6 is 0 Å². The Balaban J connectivity index is 1.66. The molecule has 36 heavy (non-hydrogen) atoms. The Morgan fingerprint density at radius 1 is 1.00 bits per heavy atom. The Kier molecular flexibility index (Phi) is 6.02. The van der Waals surface area contributed by atoms with Crippen molar-refractivity contribution in [1.29, 1.82) is 0 Å². The molecule has 5 rings (SSSR count). The molecule has 4 aliphatic carbocycles. The van der Waals surface area contributed by atoms with Crippen molar-refractivity contribution in [1.82, 2.24) is 0 Å². The van der Waals surface area contributed by atoms with Crippen LogP contribution in [0.15, 0.2) is 47.1 Å². The molecule has 4 atom stereocenters. The Hall–Kier alpha value is -2.73. The summed E-state index contributed by atoms with van der Waals surface area (Å²) in [5.41, 5.74) is 3.48. The fraction of sp³-hybridized carbons (Fsp3) is 0.567. The molecule has 2 N–H and O–H groups in total. The molecule has 6 heteroatoms. The van der Waals surface area contributed by atoms with Crippen LogP contribution in [0.1, 0.15) is 76.7 Å². The predicted molar refractivity (Wildman–Crippen MR) is 138 cm³/mol. The monoisotopic (exact) mass is 491 g/mol. The van der Waals surface area contributed by atoms with Gasteiger partial charge >= 0.3 is 5.97 Å². The summed E-state index contributed by atoms with van der Waals surface area (Å²) in [4.78, 5) is 38.9. The SMILES string of the molecule is CN(C)c1ccc(C23CC[C@](O)(C(=O)CCC(=O)O)[C@@]2(C)CCC2=C4CCC(=O)C=C4CC[C@H]23)cc1. The second-order valence-electron chi connectivity index (χ2n) is 11.7. The van der Waals surface area contributed by atoms with Gasteiger partial charge in [-0.15, -0.1) is 0 Å². The summed E-state index contributed by atoms with van der Waals surface area (Å²) in [6, 6.07) is 8.57. The van der Waals surface area contributed by atoms with Crippen molar-refractivity contribution in [3.63, 3.8) is 0 Å². The lowest BCUT2D eigenvalue weighted by atomic mass is 9.45. The van der Waals surface area contributed by atoms with E-state index in [0.29, 0.717) is 25.7 Å². The summed E-state index contributed by atoms with van der Waals surface area (Å²) >= 11 is 0. The van der Waals surface area contributed by atoms with E-state index in [9.17, 15) is 24.6 Å². The van der Waals surface area contributed by atoms with Gasteiger partial charge in [-0.3, -0.25) is 14.4 Å². The van der Waals surface area contributed by atoms with Gasteiger partial charge in [0.25, 0.3) is 0 Å². The highest BCUT2D eigenvalue weighted by molar-refractivity contribution is 5.93. The molecular formula is C30H37NO5. The quantitative estimate of drug-likeness (QED) is 0.597. The number of fused-ring (bicyclic) bond motifs is 4. The highest BCUT2D eigenvalue weighted by Crippen LogP contribution is 2.71. The highest BCUT2D eigenvalue weighted by atomic mass is 16.4. The van der Waals surface area contributed by atoms with Crippen molar-refractivity contribution in [2.45, 2.75) is 82.1 Å². The smallest absolute Gasteiger partial charge is 0.303 e. The third kappa shape index (κ3) is 3.44. The number of Topliss-reactive ketones (excluding diaryl/α,β-unsaturated/α-hetero) is 1. The van der Waals surface area contributed by atoms with Gasteiger partial charge < -0.3 is 15.1 Å². The van der Waals surface area contributed by atoms with Crippen LogP contribution in [0.3, 0.4) is 0 Å². The molecule has 0 amide bonds. The minimum absolute atomic E-state index is 0.148. The number of carboxylic acids is 1. The lowest BCUT2D eigenvalue weighted by Gasteiger charge is -2.59. The zero-order valence-electron chi connectivity index (χ0n) is 21.6. The number of nitrogens with zero attached hydrogens (tertiary/aromatic N) is 1. The number of aliphatic carboxylic acids is 1. The topological polar surface area (TPSA) is 94.9 Å². The maximum Gasteiger partial charge on any atom is 0.303 e. The number of hydrogen-bond acceptors (Lipinski definition) is 5. The predicted octanol–water partition coefficient (Wildman–Crippen LogP) is 4.75. The number of carbonyl (C=O) groups excluding carboxylic acids is 2. The number of allylic oxidation sites excluding steroid dienone is 4. The van der Waals surface area contributed by atoms with Crippen LogP contribution in [0.5, 0.6) is 0 Å². The van der Waals surface area contributed by atoms with E-state index < -0.39 is 22.4 Å².